The van der Waals surface area contributed by atoms with E-state index in [-0.39, 0.29) is 17.3 Å². The first kappa shape index (κ1) is 11.2. The molecule has 0 aliphatic carbocycles. The molecule has 0 spiro atoms. The van der Waals surface area contributed by atoms with Crippen molar-refractivity contribution in [3.8, 4) is 5.75 Å². The highest BCUT2D eigenvalue weighted by atomic mass is 79.9. The molecule has 1 aliphatic heterocycles. The van der Waals surface area contributed by atoms with E-state index < -0.39 is 11.8 Å². The van der Waals surface area contributed by atoms with Gasteiger partial charge in [0.15, 0.2) is 5.75 Å². The maximum absolute atomic E-state index is 13.5. The van der Waals surface area contributed by atoms with Gasteiger partial charge in [0.2, 0.25) is 0 Å². The van der Waals surface area contributed by atoms with Gasteiger partial charge in [-0.15, -0.1) is 0 Å². The summed E-state index contributed by atoms with van der Waals surface area (Å²) in [5.41, 5.74) is -0.192. The second-order valence-electron chi connectivity index (χ2n) is 3.58. The van der Waals surface area contributed by atoms with Gasteiger partial charge >= 0.3 is 5.97 Å². The Bertz CT molecular complexity index is 464. The number of nitrogens with one attached hydrogen (secondary N) is 1. The molecule has 1 atom stereocenters. The molecule has 0 amide bonds. The third kappa shape index (κ3) is 1.73. The standard InChI is InChI=1S/C10H9BrFNO3/c1-4-3-16-9-5(11)2-6(12)7(10(14)15)8(9)13-4/h2,4,13H,3H2,1H3,(H,14,15). The molecule has 1 heterocycles. The lowest BCUT2D eigenvalue weighted by molar-refractivity contribution is 0.0692. The fourth-order valence-electron chi connectivity index (χ4n) is 1.59. The van der Waals surface area contributed by atoms with Gasteiger partial charge in [0.25, 0.3) is 0 Å². The lowest BCUT2D eigenvalue weighted by Gasteiger charge is -2.27. The highest BCUT2D eigenvalue weighted by Gasteiger charge is 2.27. The molecule has 16 heavy (non-hydrogen) atoms. The average molecular weight is 290 g/mol. The van der Waals surface area contributed by atoms with Crippen LogP contribution in [0.25, 0.3) is 0 Å². The van der Waals surface area contributed by atoms with Crippen molar-refractivity contribution in [1.82, 2.24) is 0 Å². The van der Waals surface area contributed by atoms with Crippen molar-refractivity contribution in [2.45, 2.75) is 13.0 Å². The SMILES string of the molecule is CC1COc2c(Br)cc(F)c(C(=O)O)c2N1. The second-order valence-corrected chi connectivity index (χ2v) is 4.44. The normalized spacial score (nSPS) is 18.3. The molecule has 4 nitrogen and oxygen atoms in total. The van der Waals surface area contributed by atoms with Crippen molar-refractivity contribution < 1.29 is 19.0 Å². The lowest BCUT2D eigenvalue weighted by Crippen LogP contribution is -2.30. The van der Waals surface area contributed by atoms with Crippen molar-refractivity contribution in [2.75, 3.05) is 11.9 Å². The topological polar surface area (TPSA) is 58.6 Å². The van der Waals surface area contributed by atoms with Gasteiger partial charge in [-0.2, -0.15) is 0 Å². The zero-order valence-corrected chi connectivity index (χ0v) is 9.97. The average Bonchev–Trinajstić information content (AvgIpc) is 2.15. The minimum atomic E-state index is -1.31. The van der Waals surface area contributed by atoms with E-state index in [1.807, 2.05) is 6.92 Å². The van der Waals surface area contributed by atoms with Crippen molar-refractivity contribution >= 4 is 27.6 Å². The van der Waals surface area contributed by atoms with E-state index in [1.54, 1.807) is 0 Å². The van der Waals surface area contributed by atoms with Crippen LogP contribution >= 0.6 is 15.9 Å². The number of anilines is 1. The third-order valence-electron chi connectivity index (χ3n) is 2.27. The molecule has 0 aromatic heterocycles. The Morgan fingerprint density at radius 3 is 3.06 bits per heavy atom. The van der Waals surface area contributed by atoms with Gasteiger partial charge in [-0.05, 0) is 28.9 Å². The lowest BCUT2D eigenvalue weighted by atomic mass is 10.1. The Kier molecular flexibility index (Phi) is 2.75. The van der Waals surface area contributed by atoms with E-state index >= 15 is 0 Å². The van der Waals surface area contributed by atoms with Gasteiger partial charge in [-0.3, -0.25) is 0 Å². The van der Waals surface area contributed by atoms with Crippen LogP contribution < -0.4 is 10.1 Å². The van der Waals surface area contributed by atoms with Crippen LogP contribution in [0, 0.1) is 5.82 Å². The molecule has 6 heteroatoms. The minimum Gasteiger partial charge on any atom is -0.488 e. The zero-order valence-electron chi connectivity index (χ0n) is 8.38. The van der Waals surface area contributed by atoms with E-state index in [2.05, 4.69) is 21.2 Å². The minimum absolute atomic E-state index is 0.0562. The molecule has 2 N–H and O–H groups in total. The fourth-order valence-corrected chi connectivity index (χ4v) is 2.10. The van der Waals surface area contributed by atoms with Crippen LogP contribution in [0.15, 0.2) is 10.5 Å². The van der Waals surface area contributed by atoms with Crippen LogP contribution in [0.5, 0.6) is 5.75 Å². The van der Waals surface area contributed by atoms with E-state index in [1.165, 1.54) is 0 Å². The summed E-state index contributed by atoms with van der Waals surface area (Å²) in [7, 11) is 0. The fraction of sp³-hybridized carbons (Fsp3) is 0.300. The van der Waals surface area contributed by atoms with Gasteiger partial charge in [-0.25, -0.2) is 9.18 Å². The Balaban J connectivity index is 2.66. The van der Waals surface area contributed by atoms with Crippen LogP contribution in [0.3, 0.4) is 0 Å². The molecule has 0 saturated carbocycles. The van der Waals surface area contributed by atoms with Crippen LogP contribution in [0.1, 0.15) is 17.3 Å². The summed E-state index contributed by atoms with van der Waals surface area (Å²) in [6.07, 6.45) is 0. The molecular weight excluding hydrogens is 281 g/mol. The molecule has 0 bridgehead atoms. The Morgan fingerprint density at radius 1 is 1.75 bits per heavy atom. The molecule has 86 valence electrons. The number of rotatable bonds is 1. The molecule has 0 radical (unpaired) electrons. The maximum atomic E-state index is 13.5. The summed E-state index contributed by atoms with van der Waals surface area (Å²) in [6.45, 7) is 2.24. The summed E-state index contributed by atoms with van der Waals surface area (Å²) in [5, 5.41) is 11.9. The summed E-state index contributed by atoms with van der Waals surface area (Å²) in [4.78, 5) is 11.0. The molecule has 0 saturated heterocycles. The number of ether oxygens (including phenoxy) is 1. The van der Waals surface area contributed by atoms with E-state index in [0.29, 0.717) is 16.8 Å². The van der Waals surface area contributed by atoms with Crippen LogP contribution in [-0.2, 0) is 0 Å². The molecule has 1 unspecified atom stereocenters. The zero-order chi connectivity index (χ0) is 11.9. The first-order chi connectivity index (χ1) is 7.50. The number of fused-ring (bicyclic) bond motifs is 1. The highest BCUT2D eigenvalue weighted by Crippen LogP contribution is 2.40. The second kappa shape index (κ2) is 3.93. The van der Waals surface area contributed by atoms with Crippen molar-refractivity contribution in [3.63, 3.8) is 0 Å². The number of carbonyl (C=O) groups is 1. The number of carboxylic acids is 1. The monoisotopic (exact) mass is 289 g/mol. The van der Waals surface area contributed by atoms with Crippen molar-refractivity contribution in [2.24, 2.45) is 0 Å². The Hall–Kier alpha value is -1.30. The molecule has 1 aromatic rings. The van der Waals surface area contributed by atoms with E-state index in [9.17, 15) is 9.18 Å². The van der Waals surface area contributed by atoms with Gasteiger partial charge in [0, 0.05) is 0 Å². The van der Waals surface area contributed by atoms with Crippen LogP contribution in [0.4, 0.5) is 10.1 Å². The van der Waals surface area contributed by atoms with Gasteiger partial charge < -0.3 is 15.2 Å². The van der Waals surface area contributed by atoms with E-state index in [0.717, 1.165) is 6.07 Å². The first-order valence-electron chi connectivity index (χ1n) is 4.65. The third-order valence-corrected chi connectivity index (χ3v) is 2.86. The predicted octanol–water partition coefficient (Wildman–Crippen LogP) is 2.48. The number of hydrogen-bond acceptors (Lipinski definition) is 3. The maximum Gasteiger partial charge on any atom is 0.340 e. The van der Waals surface area contributed by atoms with Gasteiger partial charge in [-0.1, -0.05) is 0 Å². The number of halogens is 2. The number of carboxylic acid groups (broad SMARTS) is 1. The van der Waals surface area contributed by atoms with Crippen molar-refractivity contribution in [1.29, 1.82) is 0 Å². The number of aromatic carboxylic acids is 1. The summed E-state index contributed by atoms with van der Waals surface area (Å²) in [5.74, 6) is -1.76. The molecule has 1 aliphatic rings. The van der Waals surface area contributed by atoms with Gasteiger partial charge in [0.1, 0.15) is 18.0 Å². The smallest absolute Gasteiger partial charge is 0.340 e. The Labute approximate surface area is 99.5 Å². The number of benzene rings is 1. The quantitative estimate of drug-likeness (QED) is 0.834. The molecular formula is C10H9BrFNO3. The molecule has 2 rings (SSSR count). The van der Waals surface area contributed by atoms with Gasteiger partial charge in [0.05, 0.1) is 16.2 Å². The number of hydrogen-bond donors (Lipinski definition) is 2. The molecule has 1 aromatic carbocycles. The highest BCUT2D eigenvalue weighted by molar-refractivity contribution is 9.10. The summed E-state index contributed by atoms with van der Waals surface area (Å²) >= 11 is 3.14. The molecule has 0 fully saturated rings. The Morgan fingerprint density at radius 2 is 2.44 bits per heavy atom. The van der Waals surface area contributed by atoms with Crippen molar-refractivity contribution in [3.05, 3.63) is 21.9 Å². The summed E-state index contributed by atoms with van der Waals surface area (Å²) in [6, 6.07) is 1.04. The van der Waals surface area contributed by atoms with Crippen LogP contribution in [0.2, 0.25) is 0 Å². The largest absolute Gasteiger partial charge is 0.488 e. The van der Waals surface area contributed by atoms with E-state index in [4.69, 9.17) is 9.84 Å². The first-order valence-corrected chi connectivity index (χ1v) is 5.44. The predicted molar refractivity (Wildman–Crippen MR) is 59.6 cm³/mol. The summed E-state index contributed by atoms with van der Waals surface area (Å²) < 4.78 is 19.3. The van der Waals surface area contributed by atoms with Crippen LogP contribution in [-0.4, -0.2) is 23.7 Å².